The number of piperazine rings is 2. The molecule has 212 valence electrons. The van der Waals surface area contributed by atoms with Crippen LogP contribution in [0.25, 0.3) is 0 Å². The van der Waals surface area contributed by atoms with Crippen LogP contribution in [-0.4, -0.2) is 102 Å². The van der Waals surface area contributed by atoms with Crippen LogP contribution in [0.4, 0.5) is 23.4 Å². The number of fused-ring (bicyclic) bond motifs is 1. The van der Waals surface area contributed by atoms with Gasteiger partial charge in [0.15, 0.2) is 0 Å². The molecule has 1 aromatic carbocycles. The van der Waals surface area contributed by atoms with Crippen molar-refractivity contribution in [1.29, 1.82) is 0 Å². The molecule has 2 saturated heterocycles. The third kappa shape index (κ3) is 5.73. The van der Waals surface area contributed by atoms with Crippen molar-refractivity contribution in [2.75, 3.05) is 70.9 Å². The Morgan fingerprint density at radius 1 is 1.08 bits per heavy atom. The number of anilines is 1. The Labute approximate surface area is 225 Å². The molecule has 1 N–H and O–H groups in total. The van der Waals surface area contributed by atoms with E-state index in [0.29, 0.717) is 44.8 Å². The number of benzene rings is 1. The van der Waals surface area contributed by atoms with Gasteiger partial charge in [0, 0.05) is 64.5 Å². The van der Waals surface area contributed by atoms with Crippen LogP contribution in [0.2, 0.25) is 0 Å². The van der Waals surface area contributed by atoms with Gasteiger partial charge in [0.1, 0.15) is 18.0 Å². The molecule has 3 heterocycles. The number of amides is 1. The quantitative estimate of drug-likeness (QED) is 0.574. The van der Waals surface area contributed by atoms with E-state index in [1.165, 1.54) is 12.4 Å². The highest BCUT2D eigenvalue weighted by Crippen LogP contribution is 2.43. The molecular formula is C27H34F4N6O2. The number of hydrogen-bond acceptors (Lipinski definition) is 7. The number of hydrogen-bond donors (Lipinski definition) is 1. The summed E-state index contributed by atoms with van der Waals surface area (Å²) in [6.07, 6.45) is -3.36. The predicted octanol–water partition coefficient (Wildman–Crippen LogP) is 2.85. The van der Waals surface area contributed by atoms with E-state index in [1.807, 2.05) is 14.0 Å². The fourth-order valence-corrected chi connectivity index (χ4v) is 5.91. The van der Waals surface area contributed by atoms with Crippen molar-refractivity contribution in [3.05, 3.63) is 52.7 Å². The van der Waals surface area contributed by atoms with Gasteiger partial charge in [0.25, 0.3) is 0 Å². The number of alkyl halides is 3. The van der Waals surface area contributed by atoms with E-state index in [0.717, 1.165) is 49.7 Å². The average Bonchev–Trinajstić information content (AvgIpc) is 3.20. The minimum atomic E-state index is -4.80. The largest absolute Gasteiger partial charge is 0.419 e. The van der Waals surface area contributed by atoms with E-state index in [9.17, 15) is 27.5 Å². The zero-order valence-corrected chi connectivity index (χ0v) is 22.2. The van der Waals surface area contributed by atoms with Gasteiger partial charge < -0.3 is 19.8 Å². The van der Waals surface area contributed by atoms with Crippen molar-refractivity contribution < 1.29 is 27.5 Å². The van der Waals surface area contributed by atoms with E-state index >= 15 is 0 Å². The van der Waals surface area contributed by atoms with Crippen LogP contribution in [-0.2, 0) is 11.0 Å². The van der Waals surface area contributed by atoms with Crippen molar-refractivity contribution in [2.24, 2.45) is 0 Å². The first-order valence-electron chi connectivity index (χ1n) is 13.4. The molecule has 1 aliphatic carbocycles. The number of likely N-dealkylation sites (N-methyl/N-ethyl adjacent to an activating group) is 1. The SMILES string of the molecule is C[C@@H]1C[C@@H](O)c2ncnc(N3CCN(C(=O)[C@H](CN4CCN(C)CC4)c4ccc(C(F)(F)F)c(F)c4)CC3)c21. The number of aliphatic hydroxyl groups excluding tert-OH is 1. The fraction of sp³-hybridized carbons (Fsp3) is 0.593. The van der Waals surface area contributed by atoms with E-state index in [2.05, 4.69) is 24.7 Å². The maximum atomic E-state index is 14.5. The lowest BCUT2D eigenvalue weighted by Gasteiger charge is -2.39. The van der Waals surface area contributed by atoms with Gasteiger partial charge in [-0.05, 0) is 37.1 Å². The Kier molecular flexibility index (Phi) is 7.80. The second-order valence-corrected chi connectivity index (χ2v) is 10.9. The van der Waals surface area contributed by atoms with E-state index in [1.54, 1.807) is 4.90 Å². The van der Waals surface area contributed by atoms with Crippen LogP contribution in [0.3, 0.4) is 0 Å². The Balaban J connectivity index is 1.34. The molecule has 0 spiro atoms. The van der Waals surface area contributed by atoms with E-state index in [-0.39, 0.29) is 17.4 Å². The standard InChI is InChI=1S/C27H34F4N6O2/c1-17-13-22(38)24-23(17)25(33-16-32-24)36-9-11-37(12-10-36)26(39)19(15-35-7-5-34(2)6-8-35)18-3-4-20(21(28)14-18)27(29,30)31/h3-4,14,16-17,19,22,38H,5-13,15H2,1-2H3/t17-,19-,22-/m1/s1. The first-order valence-corrected chi connectivity index (χ1v) is 13.4. The lowest BCUT2D eigenvalue weighted by Crippen LogP contribution is -2.52. The lowest BCUT2D eigenvalue weighted by atomic mass is 9.94. The summed E-state index contributed by atoms with van der Waals surface area (Å²) in [6.45, 7) is 7.25. The van der Waals surface area contributed by atoms with Crippen LogP contribution in [0.5, 0.6) is 0 Å². The molecule has 2 aromatic rings. The Hall–Kier alpha value is -2.83. The molecule has 39 heavy (non-hydrogen) atoms. The molecule has 0 unspecified atom stereocenters. The fourth-order valence-electron chi connectivity index (χ4n) is 5.91. The molecule has 0 saturated carbocycles. The molecule has 2 fully saturated rings. The second kappa shape index (κ2) is 11.0. The number of carbonyl (C=O) groups excluding carboxylic acids is 1. The molecule has 12 heteroatoms. The highest BCUT2D eigenvalue weighted by Gasteiger charge is 2.37. The summed E-state index contributed by atoms with van der Waals surface area (Å²) in [5.74, 6) is -1.47. The molecule has 1 amide bonds. The van der Waals surface area contributed by atoms with Gasteiger partial charge in [0.05, 0.1) is 23.3 Å². The summed E-state index contributed by atoms with van der Waals surface area (Å²) in [7, 11) is 2.01. The van der Waals surface area contributed by atoms with Gasteiger partial charge in [-0.15, -0.1) is 0 Å². The van der Waals surface area contributed by atoms with E-state index in [4.69, 9.17) is 0 Å². The van der Waals surface area contributed by atoms with Crippen molar-refractivity contribution in [3.8, 4) is 0 Å². The topological polar surface area (TPSA) is 76.0 Å². The van der Waals surface area contributed by atoms with Gasteiger partial charge in [-0.2, -0.15) is 13.2 Å². The number of halogens is 4. The number of aromatic nitrogens is 2. The summed E-state index contributed by atoms with van der Waals surface area (Å²) >= 11 is 0. The van der Waals surface area contributed by atoms with Crippen LogP contribution in [0, 0.1) is 5.82 Å². The predicted molar refractivity (Wildman–Crippen MR) is 137 cm³/mol. The van der Waals surface area contributed by atoms with Crippen molar-refractivity contribution >= 4 is 11.7 Å². The van der Waals surface area contributed by atoms with Crippen molar-refractivity contribution in [3.63, 3.8) is 0 Å². The van der Waals surface area contributed by atoms with E-state index < -0.39 is 29.6 Å². The minimum Gasteiger partial charge on any atom is -0.387 e. The zero-order valence-electron chi connectivity index (χ0n) is 22.2. The molecule has 0 bridgehead atoms. The summed E-state index contributed by atoms with van der Waals surface area (Å²) in [5.41, 5.74) is 0.520. The lowest BCUT2D eigenvalue weighted by molar-refractivity contribution is -0.140. The Bertz CT molecular complexity index is 1200. The summed E-state index contributed by atoms with van der Waals surface area (Å²) in [5, 5.41) is 10.3. The van der Waals surface area contributed by atoms with Crippen molar-refractivity contribution in [1.82, 2.24) is 24.7 Å². The molecule has 1 aromatic heterocycles. The molecule has 8 nitrogen and oxygen atoms in total. The molecule has 3 aliphatic rings. The highest BCUT2D eigenvalue weighted by atomic mass is 19.4. The average molecular weight is 551 g/mol. The number of nitrogens with zero attached hydrogens (tertiary/aromatic N) is 6. The van der Waals surface area contributed by atoms with Gasteiger partial charge in [-0.25, -0.2) is 14.4 Å². The molecular weight excluding hydrogens is 516 g/mol. The first kappa shape index (κ1) is 27.7. The summed E-state index contributed by atoms with van der Waals surface area (Å²) in [4.78, 5) is 30.7. The smallest absolute Gasteiger partial charge is 0.387 e. The number of aliphatic hydroxyl groups is 1. The molecule has 0 radical (unpaired) electrons. The van der Waals surface area contributed by atoms with Gasteiger partial charge in [0.2, 0.25) is 5.91 Å². The Morgan fingerprint density at radius 3 is 2.41 bits per heavy atom. The van der Waals surface area contributed by atoms with Crippen LogP contribution in [0.15, 0.2) is 24.5 Å². The zero-order chi connectivity index (χ0) is 27.9. The molecule has 5 rings (SSSR count). The normalized spacial score (nSPS) is 23.7. The first-order chi connectivity index (χ1) is 18.5. The molecule has 3 atom stereocenters. The van der Waals surface area contributed by atoms with Crippen LogP contribution < -0.4 is 4.90 Å². The highest BCUT2D eigenvalue weighted by molar-refractivity contribution is 5.84. The number of rotatable bonds is 5. The third-order valence-corrected chi connectivity index (χ3v) is 8.21. The summed E-state index contributed by atoms with van der Waals surface area (Å²) < 4.78 is 54.1. The van der Waals surface area contributed by atoms with Gasteiger partial charge in [-0.1, -0.05) is 13.0 Å². The summed E-state index contributed by atoms with van der Waals surface area (Å²) in [6, 6.07) is 2.84. The minimum absolute atomic E-state index is 0.119. The van der Waals surface area contributed by atoms with Gasteiger partial charge >= 0.3 is 6.18 Å². The maximum absolute atomic E-state index is 14.5. The molecule has 2 aliphatic heterocycles. The van der Waals surface area contributed by atoms with Crippen LogP contribution >= 0.6 is 0 Å². The van der Waals surface area contributed by atoms with Crippen LogP contribution in [0.1, 0.15) is 53.7 Å². The number of carbonyl (C=O) groups is 1. The van der Waals surface area contributed by atoms with Gasteiger partial charge in [-0.3, -0.25) is 9.69 Å². The maximum Gasteiger partial charge on any atom is 0.419 e. The third-order valence-electron chi connectivity index (χ3n) is 8.21. The Morgan fingerprint density at radius 2 is 1.77 bits per heavy atom. The van der Waals surface area contributed by atoms with Crippen molar-refractivity contribution in [2.45, 2.75) is 37.5 Å². The second-order valence-electron chi connectivity index (χ2n) is 10.9. The monoisotopic (exact) mass is 550 g/mol.